The topological polar surface area (TPSA) is 72.9 Å². The second-order valence-corrected chi connectivity index (χ2v) is 4.72. The normalized spacial score (nSPS) is 10.9. The van der Waals surface area contributed by atoms with Gasteiger partial charge in [-0.05, 0) is 17.5 Å². The maximum absolute atomic E-state index is 11.6. The number of rotatable bonds is 4. The number of nitrogens with zero attached hydrogens (tertiary/aromatic N) is 2. The summed E-state index contributed by atoms with van der Waals surface area (Å²) in [6.45, 7) is 0.382. The Kier molecular flexibility index (Phi) is 3.78. The Balaban J connectivity index is 1.87. The molecular formula is C12H14N4OS. The lowest BCUT2D eigenvalue weighted by Gasteiger charge is -2.01. The zero-order valence-electron chi connectivity index (χ0n) is 9.96. The van der Waals surface area contributed by atoms with Crippen molar-refractivity contribution < 1.29 is 4.79 Å². The number of aromatic nitrogens is 2. The summed E-state index contributed by atoms with van der Waals surface area (Å²) in [6, 6.07) is 3.89. The Hall–Kier alpha value is -2.08. The van der Waals surface area contributed by atoms with Crippen LogP contribution in [0, 0.1) is 0 Å². The molecule has 0 saturated heterocycles. The van der Waals surface area contributed by atoms with Gasteiger partial charge >= 0.3 is 0 Å². The zero-order chi connectivity index (χ0) is 13.0. The predicted octanol–water partition coefficient (Wildman–Crippen LogP) is 1.39. The van der Waals surface area contributed by atoms with Gasteiger partial charge in [-0.15, -0.1) is 11.3 Å². The Labute approximate surface area is 109 Å². The average Bonchev–Trinajstić information content (AvgIpc) is 2.97. The zero-order valence-corrected chi connectivity index (χ0v) is 10.8. The highest BCUT2D eigenvalue weighted by atomic mass is 32.1. The summed E-state index contributed by atoms with van der Waals surface area (Å²) in [5.74, 6) is 0.421. The number of carbonyl (C=O) groups is 1. The summed E-state index contributed by atoms with van der Waals surface area (Å²) in [5.41, 5.74) is 6.59. The van der Waals surface area contributed by atoms with E-state index in [2.05, 4.69) is 10.4 Å². The van der Waals surface area contributed by atoms with Gasteiger partial charge in [-0.2, -0.15) is 5.10 Å². The Morgan fingerprint density at radius 2 is 2.50 bits per heavy atom. The van der Waals surface area contributed by atoms with Gasteiger partial charge in [0.25, 0.3) is 0 Å². The van der Waals surface area contributed by atoms with Crippen molar-refractivity contribution in [3.8, 4) is 0 Å². The largest absolute Gasteiger partial charge is 0.384 e. The van der Waals surface area contributed by atoms with E-state index in [-0.39, 0.29) is 5.91 Å². The summed E-state index contributed by atoms with van der Waals surface area (Å²) in [4.78, 5) is 12.6. The minimum Gasteiger partial charge on any atom is -0.384 e. The van der Waals surface area contributed by atoms with E-state index in [4.69, 9.17) is 5.73 Å². The minimum atomic E-state index is -0.147. The standard InChI is InChI=1S/C12H14N4OS/c1-16-12(13)9(8-15-16)7-14-11(17)5-4-10-3-2-6-18-10/h2-6,8H,7,13H2,1H3,(H,14,17). The van der Waals surface area contributed by atoms with Crippen LogP contribution in [0.1, 0.15) is 10.4 Å². The van der Waals surface area contributed by atoms with Crippen LogP contribution in [0.3, 0.4) is 0 Å². The molecule has 2 aromatic rings. The second kappa shape index (κ2) is 5.50. The first-order valence-electron chi connectivity index (χ1n) is 5.42. The molecule has 5 nitrogen and oxygen atoms in total. The SMILES string of the molecule is Cn1ncc(CNC(=O)C=Cc2cccs2)c1N. The van der Waals surface area contributed by atoms with Gasteiger partial charge in [0, 0.05) is 30.1 Å². The number of nitrogens with two attached hydrogens (primary N) is 1. The van der Waals surface area contributed by atoms with Crippen LogP contribution in [0.2, 0.25) is 0 Å². The van der Waals surface area contributed by atoms with Gasteiger partial charge in [0.05, 0.1) is 6.20 Å². The van der Waals surface area contributed by atoms with E-state index in [1.54, 1.807) is 35.3 Å². The molecule has 0 spiro atoms. The van der Waals surface area contributed by atoms with Gasteiger partial charge in [-0.3, -0.25) is 9.48 Å². The van der Waals surface area contributed by atoms with Crippen molar-refractivity contribution in [1.29, 1.82) is 0 Å². The number of carbonyl (C=O) groups excluding carboxylic acids is 1. The number of hydrogen-bond acceptors (Lipinski definition) is 4. The average molecular weight is 262 g/mol. The Morgan fingerprint density at radius 1 is 1.67 bits per heavy atom. The monoisotopic (exact) mass is 262 g/mol. The maximum atomic E-state index is 11.6. The van der Waals surface area contributed by atoms with Crippen LogP contribution < -0.4 is 11.1 Å². The third kappa shape index (κ3) is 2.98. The quantitative estimate of drug-likeness (QED) is 0.818. The Bertz CT molecular complexity index is 557. The highest BCUT2D eigenvalue weighted by Crippen LogP contribution is 2.10. The minimum absolute atomic E-state index is 0.147. The molecule has 0 aliphatic rings. The van der Waals surface area contributed by atoms with Gasteiger partial charge < -0.3 is 11.1 Å². The van der Waals surface area contributed by atoms with Gasteiger partial charge in [0.15, 0.2) is 0 Å². The number of thiophene rings is 1. The van der Waals surface area contributed by atoms with E-state index in [1.165, 1.54) is 6.08 Å². The third-order valence-corrected chi connectivity index (χ3v) is 3.30. The predicted molar refractivity (Wildman–Crippen MR) is 72.8 cm³/mol. The highest BCUT2D eigenvalue weighted by Gasteiger charge is 2.04. The highest BCUT2D eigenvalue weighted by molar-refractivity contribution is 7.10. The van der Waals surface area contributed by atoms with E-state index < -0.39 is 0 Å². The van der Waals surface area contributed by atoms with Crippen LogP contribution in [0.5, 0.6) is 0 Å². The number of amides is 1. The molecule has 0 bridgehead atoms. The summed E-state index contributed by atoms with van der Waals surface area (Å²) in [6.07, 6.45) is 4.95. The number of anilines is 1. The first kappa shape index (κ1) is 12.4. The molecule has 0 fully saturated rings. The lowest BCUT2D eigenvalue weighted by Crippen LogP contribution is -2.20. The van der Waals surface area contributed by atoms with E-state index >= 15 is 0 Å². The lowest BCUT2D eigenvalue weighted by molar-refractivity contribution is -0.116. The lowest BCUT2D eigenvalue weighted by atomic mass is 10.3. The first-order valence-corrected chi connectivity index (χ1v) is 6.30. The van der Waals surface area contributed by atoms with Crippen LogP contribution >= 0.6 is 11.3 Å². The van der Waals surface area contributed by atoms with Crippen LogP contribution in [0.25, 0.3) is 6.08 Å². The molecule has 2 aromatic heterocycles. The summed E-state index contributed by atoms with van der Waals surface area (Å²) < 4.78 is 1.57. The molecule has 0 radical (unpaired) electrons. The first-order chi connectivity index (χ1) is 8.66. The molecule has 94 valence electrons. The molecular weight excluding hydrogens is 248 g/mol. The van der Waals surface area contributed by atoms with E-state index in [9.17, 15) is 4.79 Å². The van der Waals surface area contributed by atoms with Gasteiger partial charge in [-0.25, -0.2) is 0 Å². The number of nitrogen functional groups attached to an aromatic ring is 1. The molecule has 1 amide bonds. The van der Waals surface area contributed by atoms with Crippen molar-refractivity contribution in [2.24, 2.45) is 7.05 Å². The van der Waals surface area contributed by atoms with Crippen LogP contribution in [-0.4, -0.2) is 15.7 Å². The van der Waals surface area contributed by atoms with Crippen LogP contribution in [0.15, 0.2) is 29.8 Å². The van der Waals surface area contributed by atoms with E-state index in [1.807, 2.05) is 17.5 Å². The van der Waals surface area contributed by atoms with Crippen LogP contribution in [0.4, 0.5) is 5.82 Å². The molecule has 6 heteroatoms. The fourth-order valence-electron chi connectivity index (χ4n) is 1.41. The molecule has 2 rings (SSSR count). The second-order valence-electron chi connectivity index (χ2n) is 3.75. The van der Waals surface area contributed by atoms with Crippen molar-refractivity contribution >= 4 is 29.1 Å². The summed E-state index contributed by atoms with van der Waals surface area (Å²) in [5, 5.41) is 8.73. The van der Waals surface area contributed by atoms with Crippen molar-refractivity contribution in [3.63, 3.8) is 0 Å². The van der Waals surface area contributed by atoms with Crippen LogP contribution in [-0.2, 0) is 18.4 Å². The Morgan fingerprint density at radius 3 is 3.11 bits per heavy atom. The number of hydrogen-bond donors (Lipinski definition) is 2. The molecule has 0 saturated carbocycles. The van der Waals surface area contributed by atoms with Crippen molar-refractivity contribution in [2.75, 3.05) is 5.73 Å². The molecule has 0 unspecified atom stereocenters. The third-order valence-electron chi connectivity index (χ3n) is 2.46. The summed E-state index contributed by atoms with van der Waals surface area (Å²) in [7, 11) is 1.76. The molecule has 2 heterocycles. The van der Waals surface area contributed by atoms with Gasteiger partial charge in [-0.1, -0.05) is 6.07 Å². The van der Waals surface area contributed by atoms with Gasteiger partial charge in [0.1, 0.15) is 5.82 Å². The molecule has 0 aliphatic heterocycles. The fraction of sp³-hybridized carbons (Fsp3) is 0.167. The van der Waals surface area contributed by atoms with E-state index in [0.717, 1.165) is 10.4 Å². The fourth-order valence-corrected chi connectivity index (χ4v) is 2.03. The van der Waals surface area contributed by atoms with E-state index in [0.29, 0.717) is 12.4 Å². The molecule has 0 aromatic carbocycles. The molecule has 0 aliphatic carbocycles. The van der Waals surface area contributed by atoms with Crippen molar-refractivity contribution in [3.05, 3.63) is 40.2 Å². The maximum Gasteiger partial charge on any atom is 0.244 e. The molecule has 3 N–H and O–H groups in total. The van der Waals surface area contributed by atoms with Gasteiger partial charge in [0.2, 0.25) is 5.91 Å². The molecule has 0 atom stereocenters. The smallest absolute Gasteiger partial charge is 0.244 e. The van der Waals surface area contributed by atoms with Crippen molar-refractivity contribution in [2.45, 2.75) is 6.54 Å². The summed E-state index contributed by atoms with van der Waals surface area (Å²) >= 11 is 1.59. The number of nitrogens with one attached hydrogen (secondary N) is 1. The number of aryl methyl sites for hydroxylation is 1. The molecule has 18 heavy (non-hydrogen) atoms. The van der Waals surface area contributed by atoms with Crippen molar-refractivity contribution in [1.82, 2.24) is 15.1 Å².